The molecular formula is C16H15N3O4. The predicted molar refractivity (Wildman–Crippen MR) is 85.1 cm³/mol. The van der Waals surface area contributed by atoms with Gasteiger partial charge in [0.05, 0.1) is 5.56 Å². The first-order valence-electron chi connectivity index (χ1n) is 6.71. The van der Waals surface area contributed by atoms with Crippen LogP contribution in [-0.4, -0.2) is 17.9 Å². The zero-order chi connectivity index (χ0) is 16.8. The molecule has 23 heavy (non-hydrogen) atoms. The van der Waals surface area contributed by atoms with E-state index < -0.39 is 17.9 Å². The highest BCUT2D eigenvalue weighted by Crippen LogP contribution is 2.17. The average molecular weight is 313 g/mol. The number of rotatable bonds is 3. The van der Waals surface area contributed by atoms with Crippen LogP contribution in [0.5, 0.6) is 5.75 Å². The molecule has 0 spiro atoms. The van der Waals surface area contributed by atoms with Gasteiger partial charge in [-0.15, -0.1) is 0 Å². The first-order valence-corrected chi connectivity index (χ1v) is 6.71. The Morgan fingerprint density at radius 2 is 1.78 bits per heavy atom. The summed E-state index contributed by atoms with van der Waals surface area (Å²) in [5.41, 5.74) is 6.52. The number of carbonyl (C=O) groups excluding carboxylic acids is 3. The van der Waals surface area contributed by atoms with Gasteiger partial charge in [-0.25, -0.2) is 4.79 Å². The summed E-state index contributed by atoms with van der Waals surface area (Å²) in [4.78, 5) is 34.7. The second-order valence-electron chi connectivity index (χ2n) is 4.62. The van der Waals surface area contributed by atoms with Crippen molar-refractivity contribution in [3.8, 4) is 5.75 Å². The summed E-state index contributed by atoms with van der Waals surface area (Å²) in [5.74, 6) is -0.799. The van der Waals surface area contributed by atoms with Crippen molar-refractivity contribution in [2.45, 2.75) is 6.92 Å². The van der Waals surface area contributed by atoms with E-state index in [1.54, 1.807) is 36.4 Å². The lowest BCUT2D eigenvalue weighted by molar-refractivity contribution is -0.131. The molecule has 7 nitrogen and oxygen atoms in total. The van der Waals surface area contributed by atoms with Crippen LogP contribution < -0.4 is 21.1 Å². The van der Waals surface area contributed by atoms with Crippen LogP contribution in [-0.2, 0) is 4.79 Å². The van der Waals surface area contributed by atoms with Gasteiger partial charge in [0.15, 0.2) is 0 Å². The number of benzene rings is 2. The topological polar surface area (TPSA) is 111 Å². The summed E-state index contributed by atoms with van der Waals surface area (Å²) >= 11 is 0. The van der Waals surface area contributed by atoms with E-state index >= 15 is 0 Å². The fourth-order valence-corrected chi connectivity index (χ4v) is 1.84. The molecule has 0 aromatic heterocycles. The van der Waals surface area contributed by atoms with E-state index in [2.05, 4.69) is 10.6 Å². The minimum Gasteiger partial charge on any atom is -0.427 e. The molecule has 0 radical (unpaired) electrons. The molecule has 0 saturated carbocycles. The summed E-state index contributed by atoms with van der Waals surface area (Å²) in [6.45, 7) is 1.27. The van der Waals surface area contributed by atoms with Crippen molar-refractivity contribution < 1.29 is 19.1 Å². The minimum atomic E-state index is -0.724. The van der Waals surface area contributed by atoms with Gasteiger partial charge in [0, 0.05) is 24.4 Å². The largest absolute Gasteiger partial charge is 0.427 e. The number of nitrogens with two attached hydrogens (primary N) is 1. The van der Waals surface area contributed by atoms with Gasteiger partial charge >= 0.3 is 12.0 Å². The summed E-state index contributed by atoms with van der Waals surface area (Å²) in [6, 6.07) is 11.9. The smallest absolute Gasteiger partial charge is 0.326 e. The molecule has 0 aliphatic heterocycles. The van der Waals surface area contributed by atoms with Gasteiger partial charge in [-0.1, -0.05) is 18.2 Å². The Morgan fingerprint density at radius 3 is 2.48 bits per heavy atom. The first kappa shape index (κ1) is 16.0. The van der Waals surface area contributed by atoms with E-state index in [-0.39, 0.29) is 17.0 Å². The number of nitrogen functional groups attached to an aromatic ring is 1. The Labute approximate surface area is 132 Å². The van der Waals surface area contributed by atoms with Crippen molar-refractivity contribution in [3.63, 3.8) is 0 Å². The van der Waals surface area contributed by atoms with Crippen molar-refractivity contribution in [1.29, 1.82) is 0 Å². The molecule has 2 rings (SSSR count). The highest BCUT2D eigenvalue weighted by Gasteiger charge is 2.13. The minimum absolute atomic E-state index is 0.205. The van der Waals surface area contributed by atoms with Crippen LogP contribution >= 0.6 is 0 Å². The molecule has 0 heterocycles. The third-order valence-corrected chi connectivity index (χ3v) is 2.79. The Morgan fingerprint density at radius 1 is 1.04 bits per heavy atom. The van der Waals surface area contributed by atoms with E-state index in [0.717, 1.165) is 0 Å². The number of nitrogens with one attached hydrogen (secondary N) is 2. The van der Waals surface area contributed by atoms with Gasteiger partial charge in [-0.2, -0.15) is 0 Å². The molecule has 0 aliphatic carbocycles. The van der Waals surface area contributed by atoms with Gasteiger partial charge in [0.2, 0.25) is 0 Å². The molecule has 3 amide bonds. The number of carbonyl (C=O) groups is 3. The Hall–Kier alpha value is -3.35. The maximum atomic E-state index is 12.0. The SMILES string of the molecule is CC(=O)Oc1cccc(NC(=O)NC(=O)c2ccccc2N)c1. The molecule has 4 N–H and O–H groups in total. The number of ether oxygens (including phenoxy) is 1. The molecule has 118 valence electrons. The third-order valence-electron chi connectivity index (χ3n) is 2.79. The number of esters is 1. The van der Waals surface area contributed by atoms with Crippen molar-refractivity contribution in [2.24, 2.45) is 0 Å². The maximum Gasteiger partial charge on any atom is 0.326 e. The normalized spacial score (nSPS) is 9.78. The first-order chi connectivity index (χ1) is 11.0. The quantitative estimate of drug-likeness (QED) is 0.457. The van der Waals surface area contributed by atoms with Gasteiger partial charge in [0.1, 0.15) is 5.75 Å². The van der Waals surface area contributed by atoms with Crippen LogP contribution in [0.4, 0.5) is 16.2 Å². The van der Waals surface area contributed by atoms with Crippen molar-refractivity contribution in [2.75, 3.05) is 11.1 Å². The second kappa shape index (κ2) is 7.08. The number of hydrogen-bond acceptors (Lipinski definition) is 5. The fraction of sp³-hybridized carbons (Fsp3) is 0.0625. The second-order valence-corrected chi connectivity index (χ2v) is 4.62. The number of hydrogen-bond donors (Lipinski definition) is 3. The summed E-state index contributed by atoms with van der Waals surface area (Å²) in [6.07, 6.45) is 0. The molecule has 0 unspecified atom stereocenters. The molecule has 0 saturated heterocycles. The van der Waals surface area contributed by atoms with Gasteiger partial charge < -0.3 is 15.8 Å². The lowest BCUT2D eigenvalue weighted by Crippen LogP contribution is -2.34. The monoisotopic (exact) mass is 313 g/mol. The van der Waals surface area contributed by atoms with Gasteiger partial charge in [-0.05, 0) is 24.3 Å². The van der Waals surface area contributed by atoms with E-state index in [1.165, 1.54) is 19.1 Å². The lowest BCUT2D eigenvalue weighted by atomic mass is 10.2. The number of amides is 3. The van der Waals surface area contributed by atoms with Crippen LogP contribution in [0.15, 0.2) is 48.5 Å². The van der Waals surface area contributed by atoms with E-state index in [4.69, 9.17) is 10.5 Å². The van der Waals surface area contributed by atoms with E-state index in [1.807, 2.05) is 0 Å². The van der Waals surface area contributed by atoms with Crippen LogP contribution in [0.1, 0.15) is 17.3 Å². The lowest BCUT2D eigenvalue weighted by Gasteiger charge is -2.09. The Bertz CT molecular complexity index is 758. The van der Waals surface area contributed by atoms with Gasteiger partial charge in [-0.3, -0.25) is 14.9 Å². The van der Waals surface area contributed by atoms with Crippen molar-refractivity contribution in [1.82, 2.24) is 5.32 Å². The molecule has 2 aromatic rings. The number of imide groups is 1. The average Bonchev–Trinajstić information content (AvgIpc) is 2.47. The molecule has 0 fully saturated rings. The van der Waals surface area contributed by atoms with Crippen molar-refractivity contribution >= 4 is 29.3 Å². The summed E-state index contributed by atoms with van der Waals surface area (Å²) in [7, 11) is 0. The number of urea groups is 1. The fourth-order valence-electron chi connectivity index (χ4n) is 1.84. The highest BCUT2D eigenvalue weighted by molar-refractivity contribution is 6.10. The molecule has 0 aliphatic rings. The van der Waals surface area contributed by atoms with E-state index in [9.17, 15) is 14.4 Å². The predicted octanol–water partition coefficient (Wildman–Crippen LogP) is 2.16. The van der Waals surface area contributed by atoms with E-state index in [0.29, 0.717) is 5.69 Å². The van der Waals surface area contributed by atoms with Crippen LogP contribution in [0, 0.1) is 0 Å². The van der Waals surface area contributed by atoms with Gasteiger partial charge in [0.25, 0.3) is 5.91 Å². The summed E-state index contributed by atoms with van der Waals surface area (Å²) < 4.78 is 4.91. The number of anilines is 2. The molecule has 2 aromatic carbocycles. The van der Waals surface area contributed by atoms with Crippen LogP contribution in [0.3, 0.4) is 0 Å². The Kier molecular flexibility index (Phi) is 4.93. The molecule has 0 bridgehead atoms. The molecule has 0 atom stereocenters. The highest BCUT2D eigenvalue weighted by atomic mass is 16.5. The Balaban J connectivity index is 2.01. The van der Waals surface area contributed by atoms with Crippen LogP contribution in [0.2, 0.25) is 0 Å². The number of para-hydroxylation sites is 1. The molecular weight excluding hydrogens is 298 g/mol. The van der Waals surface area contributed by atoms with Crippen LogP contribution in [0.25, 0.3) is 0 Å². The molecule has 7 heteroatoms. The third kappa shape index (κ3) is 4.57. The van der Waals surface area contributed by atoms with Crippen molar-refractivity contribution in [3.05, 3.63) is 54.1 Å². The standard InChI is InChI=1S/C16H15N3O4/c1-10(20)23-12-6-4-5-11(9-12)18-16(22)19-15(21)13-7-2-3-8-14(13)17/h2-9H,17H2,1H3,(H2,18,19,21,22). The zero-order valence-corrected chi connectivity index (χ0v) is 12.3. The zero-order valence-electron chi connectivity index (χ0n) is 12.3. The maximum absolute atomic E-state index is 12.0. The summed E-state index contributed by atoms with van der Waals surface area (Å²) in [5, 5.41) is 4.64.